The van der Waals surface area contributed by atoms with Gasteiger partial charge in [0.1, 0.15) is 0 Å². The maximum Gasteiger partial charge on any atom is 0.321 e. The zero-order chi connectivity index (χ0) is 39.3. The molecule has 0 aromatic heterocycles. The molecule has 5 N–H and O–H groups in total. The van der Waals surface area contributed by atoms with Crippen molar-refractivity contribution < 1.29 is 27.6 Å². The topological polar surface area (TPSA) is 138 Å². The summed E-state index contributed by atoms with van der Waals surface area (Å²) in [5, 5.41) is 6.03. The molecule has 0 aliphatic rings. The highest BCUT2D eigenvalue weighted by Crippen LogP contribution is 2.26. The summed E-state index contributed by atoms with van der Waals surface area (Å²) in [5.41, 5.74) is 11.0. The molecule has 0 saturated carbocycles. The molecular weight excluding hydrogens is 735 g/mol. The Morgan fingerprint density at radius 2 is 0.981 bits per heavy atom. The van der Waals surface area contributed by atoms with Crippen LogP contribution in [0.2, 0.25) is 51.4 Å². The van der Waals surface area contributed by atoms with Crippen LogP contribution < -0.4 is 27.1 Å². The Labute approximate surface area is 325 Å². The molecule has 0 spiro atoms. The van der Waals surface area contributed by atoms with E-state index in [1.54, 1.807) is 0 Å². The second-order valence-electron chi connectivity index (χ2n) is 14.7. The number of urea groups is 2. The van der Waals surface area contributed by atoms with Crippen molar-refractivity contribution in [3.05, 3.63) is 91.0 Å². The van der Waals surface area contributed by atoms with Gasteiger partial charge in [0.15, 0.2) is 16.6 Å². The van der Waals surface area contributed by atoms with Crippen LogP contribution in [0.4, 0.5) is 26.7 Å². The minimum Gasteiger partial charge on any atom is -0.437 e. The minimum atomic E-state index is -2.48. The van der Waals surface area contributed by atoms with Crippen LogP contribution in [-0.2, 0) is 18.0 Å². The van der Waals surface area contributed by atoms with Crippen molar-refractivity contribution in [3.63, 3.8) is 0 Å². The molecule has 13 nitrogen and oxygen atoms in total. The summed E-state index contributed by atoms with van der Waals surface area (Å²) < 4.78 is 13.8. The smallest absolute Gasteiger partial charge is 0.321 e. The van der Waals surface area contributed by atoms with E-state index in [1.165, 1.54) is 0 Å². The third kappa shape index (κ3) is 18.6. The number of nitrogens with zero attached hydrogens (tertiary/aromatic N) is 2. The number of nitrogens with one attached hydrogen (secondary N) is 5. The Hall–Kier alpha value is -3.59. The van der Waals surface area contributed by atoms with Gasteiger partial charge in [0, 0.05) is 50.6 Å². The first-order valence-electron chi connectivity index (χ1n) is 18.9. The van der Waals surface area contributed by atoms with Crippen LogP contribution >= 0.6 is 0 Å². The van der Waals surface area contributed by atoms with Crippen molar-refractivity contribution in [1.82, 2.24) is 20.8 Å². The summed E-state index contributed by atoms with van der Waals surface area (Å²) in [6.07, 6.45) is 1.62. The molecule has 4 amide bonds. The quantitative estimate of drug-likeness (QED) is 0.0328. The SMILES string of the molecule is CCONCCN(CCC[Si](C)(C)O[Si](C)(C)O[Si](C)(C)CCCN(CCNONc1ccccc1)C(=O)Nc1ccccc1)C(=O)Nc1ccccc1. The number of benzene rings is 3. The van der Waals surface area contributed by atoms with Crippen molar-refractivity contribution in [2.45, 2.75) is 71.1 Å². The standard InChI is InChI=1S/C38H63N7O6Si3/c1-8-48-39-26-30-44(37(46)41-34-20-12-9-13-21-34)28-18-32-52(2,3)50-54(6,7)51-53(4,5)33-19-29-45(38(47)42-35-22-14-10-15-23-35)31-27-40-49-43-36-24-16-11-17-25-36/h9-17,20-25,39-40,43H,8,18-19,26-33H2,1-7H3,(H,41,46)(H,42,47). The Balaban J connectivity index is 1.49. The van der Waals surface area contributed by atoms with Gasteiger partial charge in [-0.05, 0) is 108 Å². The highest BCUT2D eigenvalue weighted by atomic mass is 28.5. The summed E-state index contributed by atoms with van der Waals surface area (Å²) in [4.78, 5) is 40.8. The number of hydrogen-bond acceptors (Lipinski definition) is 9. The fourth-order valence-corrected chi connectivity index (χ4v) is 20.1. The third-order valence-electron chi connectivity index (χ3n) is 8.31. The van der Waals surface area contributed by atoms with Gasteiger partial charge in [-0.1, -0.05) is 54.6 Å². The number of para-hydroxylation sites is 3. The van der Waals surface area contributed by atoms with Crippen LogP contribution in [0.3, 0.4) is 0 Å². The number of hydrogen-bond donors (Lipinski definition) is 5. The van der Waals surface area contributed by atoms with Gasteiger partial charge in [-0.15, -0.1) is 0 Å². The second-order valence-corrected chi connectivity index (χ2v) is 27.2. The highest BCUT2D eigenvalue weighted by Gasteiger charge is 2.39. The van der Waals surface area contributed by atoms with Crippen LogP contribution in [0.15, 0.2) is 91.0 Å². The van der Waals surface area contributed by atoms with Gasteiger partial charge in [-0.25, -0.2) is 20.5 Å². The van der Waals surface area contributed by atoms with E-state index in [0.717, 1.165) is 42.0 Å². The van der Waals surface area contributed by atoms with Gasteiger partial charge in [-0.3, -0.25) is 0 Å². The van der Waals surface area contributed by atoms with E-state index in [4.69, 9.17) is 18.0 Å². The van der Waals surface area contributed by atoms with Gasteiger partial charge in [0.25, 0.3) is 0 Å². The number of carbonyl (C=O) groups is 2. The summed E-state index contributed by atoms with van der Waals surface area (Å²) in [7, 11) is -6.76. The number of rotatable bonds is 25. The molecule has 0 unspecified atom stereocenters. The average Bonchev–Trinajstić information content (AvgIpc) is 3.12. The highest BCUT2D eigenvalue weighted by molar-refractivity contribution is 6.87. The van der Waals surface area contributed by atoms with Crippen LogP contribution in [-0.4, -0.2) is 92.9 Å². The number of amides is 4. The zero-order valence-electron chi connectivity index (χ0n) is 33.3. The first-order chi connectivity index (χ1) is 25.8. The van der Waals surface area contributed by atoms with Crippen molar-refractivity contribution in [2.24, 2.45) is 0 Å². The number of anilines is 3. The molecule has 0 atom stereocenters. The Morgan fingerprint density at radius 1 is 0.574 bits per heavy atom. The van der Waals surface area contributed by atoms with E-state index in [9.17, 15) is 9.59 Å². The van der Waals surface area contributed by atoms with E-state index >= 15 is 0 Å². The zero-order valence-corrected chi connectivity index (χ0v) is 36.3. The van der Waals surface area contributed by atoms with Crippen molar-refractivity contribution in [1.29, 1.82) is 0 Å². The molecule has 3 rings (SSSR count). The van der Waals surface area contributed by atoms with Gasteiger partial charge in [0.05, 0.1) is 12.3 Å². The lowest BCUT2D eigenvalue weighted by atomic mass is 10.3. The molecule has 0 aliphatic heterocycles. The van der Waals surface area contributed by atoms with E-state index in [0.29, 0.717) is 45.9 Å². The van der Waals surface area contributed by atoms with Gasteiger partial charge >= 0.3 is 20.6 Å². The molecule has 0 fully saturated rings. The van der Waals surface area contributed by atoms with Gasteiger partial charge in [-0.2, -0.15) is 10.4 Å². The fourth-order valence-electron chi connectivity index (χ4n) is 6.11. The van der Waals surface area contributed by atoms with Crippen molar-refractivity contribution in [3.8, 4) is 0 Å². The fraction of sp³-hybridized carbons (Fsp3) is 0.474. The molecule has 0 heterocycles. The van der Waals surface area contributed by atoms with Gasteiger partial charge < -0.3 is 33.5 Å². The predicted octanol–water partition coefficient (Wildman–Crippen LogP) is 8.07. The van der Waals surface area contributed by atoms with E-state index < -0.39 is 25.2 Å². The third-order valence-corrected chi connectivity index (χ3v) is 19.8. The van der Waals surface area contributed by atoms with Crippen molar-refractivity contribution >= 4 is 54.3 Å². The summed E-state index contributed by atoms with van der Waals surface area (Å²) in [5.74, 6) is 0. The lowest BCUT2D eigenvalue weighted by Gasteiger charge is -2.39. The molecule has 0 bridgehead atoms. The Bertz CT molecular complexity index is 1490. The molecule has 16 heteroatoms. The predicted molar refractivity (Wildman–Crippen MR) is 226 cm³/mol. The average molecular weight is 798 g/mol. The molecule has 54 heavy (non-hydrogen) atoms. The maximum atomic E-state index is 13.3. The van der Waals surface area contributed by atoms with Crippen molar-refractivity contribution in [2.75, 3.05) is 62.0 Å². The van der Waals surface area contributed by atoms with Crippen LogP contribution in [0, 0.1) is 0 Å². The van der Waals surface area contributed by atoms with E-state index in [1.807, 2.05) is 108 Å². The summed E-state index contributed by atoms with van der Waals surface area (Å²) >= 11 is 0. The normalized spacial score (nSPS) is 11.9. The molecule has 3 aromatic carbocycles. The van der Waals surface area contributed by atoms with E-state index in [2.05, 4.69) is 66.4 Å². The monoisotopic (exact) mass is 797 g/mol. The first kappa shape index (κ1) is 44.8. The van der Waals surface area contributed by atoms with Crippen LogP contribution in [0.1, 0.15) is 19.8 Å². The minimum absolute atomic E-state index is 0.133. The lowest BCUT2D eigenvalue weighted by molar-refractivity contribution is 0.0472. The molecule has 0 radical (unpaired) electrons. The number of hydroxylamine groups is 2. The Kier molecular flexibility index (Phi) is 19.4. The molecule has 3 aromatic rings. The largest absolute Gasteiger partial charge is 0.437 e. The first-order valence-corrected chi connectivity index (χ1v) is 28.0. The second kappa shape index (κ2) is 23.4. The van der Waals surface area contributed by atoms with Gasteiger partial charge in [0.2, 0.25) is 0 Å². The lowest BCUT2D eigenvalue weighted by Crippen LogP contribution is -2.52. The summed E-state index contributed by atoms with van der Waals surface area (Å²) in [6, 6.07) is 30.1. The Morgan fingerprint density at radius 3 is 1.41 bits per heavy atom. The van der Waals surface area contributed by atoms with Crippen LogP contribution in [0.25, 0.3) is 0 Å². The van der Waals surface area contributed by atoms with E-state index in [-0.39, 0.29) is 12.1 Å². The molecule has 0 saturated heterocycles. The van der Waals surface area contributed by atoms with Crippen LogP contribution in [0.5, 0.6) is 0 Å². The number of carbonyl (C=O) groups excluding carboxylic acids is 2. The molecule has 0 aliphatic carbocycles. The summed E-state index contributed by atoms with van der Waals surface area (Å²) in [6.45, 7) is 18.8. The molecular formula is C38H63N7O6Si3. The molecule has 298 valence electrons. The maximum absolute atomic E-state index is 13.3.